The minimum Gasteiger partial charge on any atom is -0.292 e. The van der Waals surface area contributed by atoms with Gasteiger partial charge in [0.2, 0.25) is 0 Å². The van der Waals surface area contributed by atoms with Crippen LogP contribution in [0, 0.1) is 13.8 Å². The van der Waals surface area contributed by atoms with Crippen LogP contribution < -0.4 is 4.90 Å². The summed E-state index contributed by atoms with van der Waals surface area (Å²) in [5.41, 5.74) is 7.49. The third-order valence-electron chi connectivity index (χ3n) is 5.89. The van der Waals surface area contributed by atoms with E-state index < -0.39 is 0 Å². The first kappa shape index (κ1) is 19.2. The van der Waals surface area contributed by atoms with Crippen LogP contribution in [0.1, 0.15) is 38.3 Å². The van der Waals surface area contributed by atoms with Crippen LogP contribution >= 0.6 is 0 Å². The summed E-state index contributed by atoms with van der Waals surface area (Å²) in [7, 11) is 0. The predicted octanol–water partition coefficient (Wildman–Crippen LogP) is 4.68. The van der Waals surface area contributed by atoms with Gasteiger partial charge in [-0.2, -0.15) is 5.10 Å². The molecular weight excluding hydrogens is 384 g/mol. The first-order valence-corrected chi connectivity index (χ1v) is 10.6. The summed E-state index contributed by atoms with van der Waals surface area (Å²) in [6, 6.07) is 20.4. The van der Waals surface area contributed by atoms with Gasteiger partial charge in [0, 0.05) is 30.2 Å². The molecule has 31 heavy (non-hydrogen) atoms. The third-order valence-corrected chi connectivity index (χ3v) is 5.89. The Hall–Kier alpha value is -3.73. The van der Waals surface area contributed by atoms with Crippen molar-refractivity contribution < 1.29 is 4.79 Å². The van der Waals surface area contributed by atoms with Gasteiger partial charge in [-0.3, -0.25) is 9.69 Å². The normalized spacial score (nSPS) is 13.4. The summed E-state index contributed by atoms with van der Waals surface area (Å²) >= 11 is 0. The highest BCUT2D eigenvalue weighted by molar-refractivity contribution is 6.07. The highest BCUT2D eigenvalue weighted by atomic mass is 16.2. The van der Waals surface area contributed by atoms with E-state index in [0.29, 0.717) is 6.54 Å². The number of pyridine rings is 1. The fourth-order valence-electron chi connectivity index (χ4n) is 4.19. The Morgan fingerprint density at radius 1 is 1.00 bits per heavy atom. The average Bonchev–Trinajstić information content (AvgIpc) is 3.30. The van der Waals surface area contributed by atoms with Crippen LogP contribution in [0.2, 0.25) is 0 Å². The topological polar surface area (TPSA) is 51.0 Å². The summed E-state index contributed by atoms with van der Waals surface area (Å²) in [5, 5.41) is 4.28. The average molecular weight is 409 g/mol. The van der Waals surface area contributed by atoms with Gasteiger partial charge in [0.25, 0.3) is 5.91 Å². The SMILES string of the molecule is Cc1cccc(N2CCc3cc(C)c(Cc4ccc(-n5cccn5)cc4)cc3C2=O)n1. The number of nitrogens with zero attached hydrogens (tertiary/aromatic N) is 4. The van der Waals surface area contributed by atoms with Gasteiger partial charge in [0.15, 0.2) is 0 Å². The maximum atomic E-state index is 13.3. The number of anilines is 1. The molecule has 0 saturated heterocycles. The summed E-state index contributed by atoms with van der Waals surface area (Å²) in [4.78, 5) is 19.7. The van der Waals surface area contributed by atoms with Crippen LogP contribution in [0.3, 0.4) is 0 Å². The fourth-order valence-corrected chi connectivity index (χ4v) is 4.19. The molecule has 0 N–H and O–H groups in total. The molecule has 0 radical (unpaired) electrons. The fraction of sp³-hybridized carbons (Fsp3) is 0.192. The van der Waals surface area contributed by atoms with Crippen molar-refractivity contribution in [1.29, 1.82) is 0 Å². The number of hydrogen-bond donors (Lipinski definition) is 0. The lowest BCUT2D eigenvalue weighted by molar-refractivity contribution is 0.0979. The minimum atomic E-state index is 0.0367. The quantitative estimate of drug-likeness (QED) is 0.493. The van der Waals surface area contributed by atoms with E-state index in [9.17, 15) is 4.79 Å². The van der Waals surface area contributed by atoms with Crippen molar-refractivity contribution in [3.8, 4) is 5.69 Å². The van der Waals surface area contributed by atoms with Crippen LogP contribution in [0.4, 0.5) is 5.82 Å². The highest BCUT2D eigenvalue weighted by Crippen LogP contribution is 2.27. The maximum Gasteiger partial charge on any atom is 0.259 e. The second-order valence-electron chi connectivity index (χ2n) is 8.07. The number of carbonyl (C=O) groups excluding carboxylic acids is 1. The molecule has 4 aromatic rings. The lowest BCUT2D eigenvalue weighted by Gasteiger charge is -2.29. The second kappa shape index (κ2) is 7.84. The van der Waals surface area contributed by atoms with Gasteiger partial charge in [-0.15, -0.1) is 0 Å². The Morgan fingerprint density at radius 3 is 2.58 bits per heavy atom. The van der Waals surface area contributed by atoms with E-state index in [-0.39, 0.29) is 5.91 Å². The van der Waals surface area contributed by atoms with Gasteiger partial charge in [-0.05, 0) is 85.3 Å². The minimum absolute atomic E-state index is 0.0367. The van der Waals surface area contributed by atoms with E-state index in [1.165, 1.54) is 16.7 Å². The molecule has 2 aromatic heterocycles. The number of amides is 1. The van der Waals surface area contributed by atoms with Crippen LogP contribution in [-0.2, 0) is 12.8 Å². The largest absolute Gasteiger partial charge is 0.292 e. The molecule has 1 amide bonds. The lowest BCUT2D eigenvalue weighted by Crippen LogP contribution is -2.38. The van der Waals surface area contributed by atoms with Crippen molar-refractivity contribution in [2.75, 3.05) is 11.4 Å². The molecule has 0 bridgehead atoms. The molecule has 0 saturated carbocycles. The van der Waals surface area contributed by atoms with Crippen molar-refractivity contribution in [3.63, 3.8) is 0 Å². The van der Waals surface area contributed by atoms with Crippen molar-refractivity contribution in [3.05, 3.63) is 107 Å². The highest BCUT2D eigenvalue weighted by Gasteiger charge is 2.27. The van der Waals surface area contributed by atoms with E-state index in [4.69, 9.17) is 0 Å². The van der Waals surface area contributed by atoms with Crippen molar-refractivity contribution >= 4 is 11.7 Å². The number of aryl methyl sites for hydroxylation is 2. The van der Waals surface area contributed by atoms with Crippen LogP contribution in [0.5, 0.6) is 0 Å². The van der Waals surface area contributed by atoms with Crippen molar-refractivity contribution in [2.45, 2.75) is 26.7 Å². The van der Waals surface area contributed by atoms with Crippen LogP contribution in [0.25, 0.3) is 5.69 Å². The number of aromatic nitrogens is 3. The van der Waals surface area contributed by atoms with Crippen LogP contribution in [0.15, 0.2) is 73.1 Å². The van der Waals surface area contributed by atoms with E-state index in [0.717, 1.165) is 41.2 Å². The predicted molar refractivity (Wildman–Crippen MR) is 122 cm³/mol. The molecule has 1 aliphatic rings. The Bertz CT molecular complexity index is 1240. The summed E-state index contributed by atoms with van der Waals surface area (Å²) < 4.78 is 1.85. The molecule has 5 rings (SSSR count). The molecule has 3 heterocycles. The molecule has 2 aromatic carbocycles. The molecule has 154 valence electrons. The first-order chi connectivity index (χ1) is 15.1. The van der Waals surface area contributed by atoms with E-state index in [1.54, 1.807) is 11.1 Å². The lowest BCUT2D eigenvalue weighted by atomic mass is 9.91. The van der Waals surface area contributed by atoms with E-state index in [2.05, 4.69) is 53.4 Å². The van der Waals surface area contributed by atoms with Crippen LogP contribution in [-0.4, -0.2) is 27.2 Å². The zero-order chi connectivity index (χ0) is 21.4. The molecule has 0 unspecified atom stereocenters. The number of benzene rings is 2. The standard InChI is InChI=1S/C26H24N4O/c1-18-15-21-11-14-29(25-6-3-5-19(2)28-25)26(31)24(21)17-22(18)16-20-7-9-23(10-8-20)30-13-4-12-27-30/h3-10,12-13,15,17H,11,14,16H2,1-2H3. The van der Waals surface area contributed by atoms with Gasteiger partial charge < -0.3 is 0 Å². The summed E-state index contributed by atoms with van der Waals surface area (Å²) in [6.07, 6.45) is 5.34. The van der Waals surface area contributed by atoms with Gasteiger partial charge in [-0.1, -0.05) is 24.3 Å². The number of rotatable bonds is 4. The maximum absolute atomic E-state index is 13.3. The Balaban J connectivity index is 1.42. The first-order valence-electron chi connectivity index (χ1n) is 10.6. The molecule has 0 aliphatic carbocycles. The monoisotopic (exact) mass is 408 g/mol. The Kier molecular flexibility index (Phi) is 4.86. The Morgan fingerprint density at radius 2 is 1.84 bits per heavy atom. The zero-order valence-corrected chi connectivity index (χ0v) is 17.7. The molecule has 0 atom stereocenters. The van der Waals surface area contributed by atoms with E-state index in [1.807, 2.05) is 42.1 Å². The Labute approximate surface area is 182 Å². The molecule has 0 fully saturated rings. The van der Waals surface area contributed by atoms with Gasteiger partial charge in [0.1, 0.15) is 5.82 Å². The molecule has 1 aliphatic heterocycles. The number of carbonyl (C=O) groups is 1. The number of fused-ring (bicyclic) bond motifs is 1. The van der Waals surface area contributed by atoms with Gasteiger partial charge >= 0.3 is 0 Å². The zero-order valence-electron chi connectivity index (χ0n) is 17.7. The molecule has 5 heteroatoms. The van der Waals surface area contributed by atoms with Gasteiger partial charge in [0.05, 0.1) is 5.69 Å². The summed E-state index contributed by atoms with van der Waals surface area (Å²) in [6.45, 7) is 4.74. The van der Waals surface area contributed by atoms with E-state index >= 15 is 0 Å². The molecule has 0 spiro atoms. The smallest absolute Gasteiger partial charge is 0.259 e. The van der Waals surface area contributed by atoms with Gasteiger partial charge in [-0.25, -0.2) is 9.67 Å². The van der Waals surface area contributed by atoms with Crippen molar-refractivity contribution in [2.24, 2.45) is 0 Å². The molecular formula is C26H24N4O. The molecule has 5 nitrogen and oxygen atoms in total. The third kappa shape index (κ3) is 3.75. The van der Waals surface area contributed by atoms with Crippen molar-refractivity contribution in [1.82, 2.24) is 14.8 Å². The summed E-state index contributed by atoms with van der Waals surface area (Å²) in [5.74, 6) is 0.765. The number of hydrogen-bond acceptors (Lipinski definition) is 3. The second-order valence-corrected chi connectivity index (χ2v) is 8.07.